The first-order valence-electron chi connectivity index (χ1n) is 10.7. The molecule has 33 heavy (non-hydrogen) atoms. The van der Waals surface area contributed by atoms with Gasteiger partial charge in [-0.15, -0.1) is 0 Å². The third-order valence-corrected chi connectivity index (χ3v) is 5.97. The largest absolute Gasteiger partial charge is 0.494 e. The van der Waals surface area contributed by atoms with Crippen molar-refractivity contribution in [2.75, 3.05) is 18.6 Å². The van der Waals surface area contributed by atoms with Gasteiger partial charge in [-0.05, 0) is 43.2 Å². The molecule has 0 unspecified atom stereocenters. The zero-order valence-corrected chi connectivity index (χ0v) is 18.3. The van der Waals surface area contributed by atoms with Crippen molar-refractivity contribution >= 4 is 16.9 Å². The first kappa shape index (κ1) is 21.3. The highest BCUT2D eigenvalue weighted by atomic mass is 19.4. The normalized spacial score (nSPS) is 16.6. The second-order valence-electron chi connectivity index (χ2n) is 8.13. The Hall–Kier alpha value is -3.56. The molecule has 7 nitrogen and oxygen atoms in total. The highest BCUT2D eigenvalue weighted by Crippen LogP contribution is 2.36. The van der Waals surface area contributed by atoms with Crippen LogP contribution in [0, 0.1) is 0 Å². The molecule has 0 N–H and O–H groups in total. The average Bonchev–Trinajstić information content (AvgIpc) is 3.52. The number of imidazole rings is 1. The van der Waals surface area contributed by atoms with E-state index in [2.05, 4.69) is 10.1 Å². The van der Waals surface area contributed by atoms with E-state index in [0.717, 1.165) is 16.7 Å². The van der Waals surface area contributed by atoms with Crippen molar-refractivity contribution in [3.05, 3.63) is 54.5 Å². The monoisotopic (exact) mass is 456 g/mol. The van der Waals surface area contributed by atoms with Gasteiger partial charge in [0.2, 0.25) is 0 Å². The molecular weight excluding hydrogens is 433 g/mol. The Morgan fingerprint density at radius 2 is 2.00 bits per heavy atom. The van der Waals surface area contributed by atoms with Gasteiger partial charge in [-0.3, -0.25) is 4.68 Å². The smallest absolute Gasteiger partial charge is 0.408 e. The molecular formula is C23H23F3N6O. The Balaban J connectivity index is 1.56. The van der Waals surface area contributed by atoms with Crippen molar-refractivity contribution in [3.8, 4) is 17.1 Å². The Morgan fingerprint density at radius 1 is 1.15 bits per heavy atom. The number of pyridine rings is 1. The summed E-state index contributed by atoms with van der Waals surface area (Å²) in [6.45, 7) is 0.795. The topological polar surface area (TPSA) is 61.0 Å². The lowest BCUT2D eigenvalue weighted by Crippen LogP contribution is -2.41. The number of para-hydroxylation sites is 1. The quantitative estimate of drug-likeness (QED) is 0.445. The highest BCUT2D eigenvalue weighted by Gasteiger charge is 2.46. The number of nitrogens with zero attached hydrogens (tertiary/aromatic N) is 6. The lowest BCUT2D eigenvalue weighted by atomic mass is 10.2. The summed E-state index contributed by atoms with van der Waals surface area (Å²) in [5.74, 6) is 1.65. The third kappa shape index (κ3) is 3.90. The molecule has 1 aromatic carbocycles. The summed E-state index contributed by atoms with van der Waals surface area (Å²) in [6, 6.07) is 9.49. The second kappa shape index (κ2) is 8.09. The van der Waals surface area contributed by atoms with Crippen LogP contribution in [-0.4, -0.2) is 50.2 Å². The van der Waals surface area contributed by atoms with E-state index in [9.17, 15) is 13.2 Å². The Morgan fingerprint density at radius 3 is 2.67 bits per heavy atom. The zero-order valence-electron chi connectivity index (χ0n) is 18.3. The Bertz CT molecular complexity index is 1280. The zero-order chi connectivity index (χ0) is 23.2. The summed E-state index contributed by atoms with van der Waals surface area (Å²) < 4.78 is 49.5. The average molecular weight is 456 g/mol. The minimum absolute atomic E-state index is 0.0899. The standard InChI is InChI=1S/C23H23F3N6O/c1-30-12-10-16(29-30)14-32-21-17(5-3-6-18(21)33-2)28-22(32)15-8-9-20(27-13-15)31-11-4-7-19(31)23(24,25)26/h3,5-6,8-10,12-13,19H,4,7,11,14H2,1-2H3/t19-/m0/s1. The van der Waals surface area contributed by atoms with Crippen molar-refractivity contribution in [2.24, 2.45) is 7.05 Å². The summed E-state index contributed by atoms with van der Waals surface area (Å²) in [4.78, 5) is 10.5. The molecule has 0 spiro atoms. The number of aryl methyl sites for hydroxylation is 1. The molecule has 0 radical (unpaired) electrons. The van der Waals surface area contributed by atoms with Crippen LogP contribution in [-0.2, 0) is 13.6 Å². The van der Waals surface area contributed by atoms with E-state index < -0.39 is 12.2 Å². The van der Waals surface area contributed by atoms with E-state index in [1.54, 1.807) is 30.1 Å². The van der Waals surface area contributed by atoms with Crippen molar-refractivity contribution in [2.45, 2.75) is 31.6 Å². The van der Waals surface area contributed by atoms with E-state index in [4.69, 9.17) is 9.72 Å². The van der Waals surface area contributed by atoms with Crippen LogP contribution in [0.4, 0.5) is 19.0 Å². The van der Waals surface area contributed by atoms with Crippen molar-refractivity contribution in [1.29, 1.82) is 0 Å². The number of aromatic nitrogens is 5. The van der Waals surface area contributed by atoms with E-state index in [1.165, 1.54) is 4.90 Å². The SMILES string of the molecule is COc1cccc2nc(-c3ccc(N4CCC[C@H]4C(F)(F)F)nc3)n(Cc3ccn(C)n3)c12. The molecule has 5 rings (SSSR count). The first-order valence-corrected chi connectivity index (χ1v) is 10.7. The van der Waals surface area contributed by atoms with E-state index in [-0.39, 0.29) is 6.42 Å². The molecule has 1 atom stereocenters. The van der Waals surface area contributed by atoms with Crippen LogP contribution in [0.25, 0.3) is 22.4 Å². The number of methoxy groups -OCH3 is 1. The fourth-order valence-corrected chi connectivity index (χ4v) is 4.47. The van der Waals surface area contributed by atoms with E-state index in [0.29, 0.717) is 42.5 Å². The lowest BCUT2D eigenvalue weighted by Gasteiger charge is -2.27. The molecule has 1 fully saturated rings. The maximum Gasteiger partial charge on any atom is 0.408 e. The predicted octanol–water partition coefficient (Wildman–Crippen LogP) is 4.42. The molecule has 0 bridgehead atoms. The number of alkyl halides is 3. The summed E-state index contributed by atoms with van der Waals surface area (Å²) in [5.41, 5.74) is 3.12. The van der Waals surface area contributed by atoms with Gasteiger partial charge in [-0.2, -0.15) is 18.3 Å². The summed E-state index contributed by atoms with van der Waals surface area (Å²) in [6.07, 6.45) is -0.234. The Kier molecular flexibility index (Phi) is 5.22. The van der Waals surface area contributed by atoms with E-state index >= 15 is 0 Å². The molecule has 3 aromatic heterocycles. The fraction of sp³-hybridized carbons (Fsp3) is 0.348. The Labute approximate surface area is 188 Å². The molecule has 1 saturated heterocycles. The fourth-order valence-electron chi connectivity index (χ4n) is 4.47. The van der Waals surface area contributed by atoms with Gasteiger partial charge in [0, 0.05) is 31.5 Å². The molecule has 10 heteroatoms. The molecule has 0 aliphatic carbocycles. The molecule has 172 valence electrons. The van der Waals surface area contributed by atoms with Crippen LogP contribution in [0.5, 0.6) is 5.75 Å². The number of ether oxygens (including phenoxy) is 1. The molecule has 4 aromatic rings. The first-order chi connectivity index (χ1) is 15.8. The van der Waals surface area contributed by atoms with Crippen molar-refractivity contribution < 1.29 is 17.9 Å². The molecule has 1 aliphatic heterocycles. The minimum Gasteiger partial charge on any atom is -0.494 e. The number of anilines is 1. The number of halogens is 3. The van der Waals surface area contributed by atoms with E-state index in [1.807, 2.05) is 42.1 Å². The maximum atomic E-state index is 13.4. The minimum atomic E-state index is -4.27. The van der Waals surface area contributed by atoms with Gasteiger partial charge in [-0.25, -0.2) is 9.97 Å². The molecule has 4 heterocycles. The van der Waals surface area contributed by atoms with Gasteiger partial charge >= 0.3 is 6.18 Å². The number of hydrogen-bond acceptors (Lipinski definition) is 5. The van der Waals surface area contributed by atoms with Gasteiger partial charge < -0.3 is 14.2 Å². The molecule has 0 saturated carbocycles. The second-order valence-corrected chi connectivity index (χ2v) is 8.13. The number of hydrogen-bond donors (Lipinski definition) is 0. The molecule has 1 aliphatic rings. The van der Waals surface area contributed by atoms with Crippen molar-refractivity contribution in [3.63, 3.8) is 0 Å². The number of rotatable bonds is 5. The van der Waals surface area contributed by atoms with Crippen molar-refractivity contribution in [1.82, 2.24) is 24.3 Å². The van der Waals surface area contributed by atoms with Gasteiger partial charge in [0.25, 0.3) is 0 Å². The van der Waals surface area contributed by atoms with Gasteiger partial charge in [0.05, 0.1) is 24.9 Å². The van der Waals surface area contributed by atoms with Crippen LogP contribution in [0.1, 0.15) is 18.5 Å². The lowest BCUT2D eigenvalue weighted by molar-refractivity contribution is -0.146. The third-order valence-electron chi connectivity index (χ3n) is 5.97. The van der Waals surface area contributed by atoms with Crippen LogP contribution in [0.3, 0.4) is 0 Å². The van der Waals surface area contributed by atoms with Gasteiger partial charge in [0.1, 0.15) is 29.0 Å². The maximum absolute atomic E-state index is 13.4. The van der Waals surface area contributed by atoms with Crippen LogP contribution in [0.2, 0.25) is 0 Å². The summed E-state index contributed by atoms with van der Waals surface area (Å²) in [7, 11) is 3.46. The number of fused-ring (bicyclic) bond motifs is 1. The number of benzene rings is 1. The van der Waals surface area contributed by atoms with Gasteiger partial charge in [0.15, 0.2) is 0 Å². The molecule has 0 amide bonds. The van der Waals surface area contributed by atoms with Crippen LogP contribution in [0.15, 0.2) is 48.8 Å². The summed E-state index contributed by atoms with van der Waals surface area (Å²) in [5, 5.41) is 4.48. The van der Waals surface area contributed by atoms with Gasteiger partial charge in [-0.1, -0.05) is 6.07 Å². The van der Waals surface area contributed by atoms with Crippen LogP contribution >= 0.6 is 0 Å². The van der Waals surface area contributed by atoms with Crippen LogP contribution < -0.4 is 9.64 Å². The predicted molar refractivity (Wildman–Crippen MR) is 118 cm³/mol. The highest BCUT2D eigenvalue weighted by molar-refractivity contribution is 5.86. The summed E-state index contributed by atoms with van der Waals surface area (Å²) >= 11 is 0.